The van der Waals surface area contributed by atoms with Crippen molar-refractivity contribution in [3.8, 4) is 5.69 Å². The van der Waals surface area contributed by atoms with Gasteiger partial charge in [-0.3, -0.25) is 9.36 Å². The van der Waals surface area contributed by atoms with E-state index < -0.39 is 0 Å². The molecule has 7 nitrogen and oxygen atoms in total. The zero-order valence-corrected chi connectivity index (χ0v) is 13.7. The molecule has 120 valence electrons. The molecule has 4 rings (SSSR count). The molecule has 0 radical (unpaired) electrons. The normalized spacial score (nSPS) is 11.5. The van der Waals surface area contributed by atoms with E-state index in [9.17, 15) is 4.79 Å². The highest BCUT2D eigenvalue weighted by atomic mass is 16.1. The Balaban J connectivity index is 2.01. The van der Waals surface area contributed by atoms with Gasteiger partial charge >= 0.3 is 0 Å². The first-order chi connectivity index (χ1) is 11.6. The van der Waals surface area contributed by atoms with Crippen LogP contribution in [0.3, 0.4) is 0 Å². The lowest BCUT2D eigenvalue weighted by Gasteiger charge is -2.09. The van der Waals surface area contributed by atoms with Crippen LogP contribution < -0.4 is 5.56 Å². The lowest BCUT2D eigenvalue weighted by Crippen LogP contribution is -2.20. The van der Waals surface area contributed by atoms with E-state index in [-0.39, 0.29) is 11.1 Å². The van der Waals surface area contributed by atoms with Crippen LogP contribution in [0.25, 0.3) is 22.5 Å². The number of pyridine rings is 1. The zero-order valence-electron chi connectivity index (χ0n) is 13.7. The highest BCUT2D eigenvalue weighted by molar-refractivity contribution is 5.74. The van der Waals surface area contributed by atoms with Crippen molar-refractivity contribution >= 4 is 16.8 Å². The summed E-state index contributed by atoms with van der Waals surface area (Å²) in [5.74, 6) is 1.08. The van der Waals surface area contributed by atoms with Crippen LogP contribution in [-0.2, 0) is 6.42 Å². The average Bonchev–Trinajstić information content (AvgIpc) is 2.98. The maximum absolute atomic E-state index is 12.9. The molecule has 0 N–H and O–H groups in total. The minimum atomic E-state index is -0.222. The average molecular weight is 320 g/mol. The van der Waals surface area contributed by atoms with Crippen molar-refractivity contribution in [2.45, 2.75) is 27.2 Å². The molecule has 0 amide bonds. The number of benzene rings is 1. The third-order valence-electron chi connectivity index (χ3n) is 3.95. The third kappa shape index (κ3) is 2.17. The molecular weight excluding hydrogens is 304 g/mol. The molecular formula is C17H16N6O. The Morgan fingerprint density at radius 1 is 1.08 bits per heavy atom. The van der Waals surface area contributed by atoms with Crippen LogP contribution >= 0.6 is 0 Å². The van der Waals surface area contributed by atoms with E-state index in [1.165, 1.54) is 0 Å². The second-order valence-corrected chi connectivity index (χ2v) is 5.86. The minimum Gasteiger partial charge on any atom is -0.282 e. The molecule has 0 aliphatic heterocycles. The Bertz CT molecular complexity index is 1120. The summed E-state index contributed by atoms with van der Waals surface area (Å²) in [5, 5.41) is 12.5. The summed E-state index contributed by atoms with van der Waals surface area (Å²) >= 11 is 0. The fourth-order valence-corrected chi connectivity index (χ4v) is 2.89. The van der Waals surface area contributed by atoms with Crippen LogP contribution in [0, 0.1) is 13.8 Å². The van der Waals surface area contributed by atoms with Gasteiger partial charge in [-0.05, 0) is 43.2 Å². The summed E-state index contributed by atoms with van der Waals surface area (Å²) in [6.07, 6.45) is 2.44. The summed E-state index contributed by atoms with van der Waals surface area (Å²) in [6.45, 7) is 5.98. The number of fused-ring (bicyclic) bond motifs is 3. The highest BCUT2D eigenvalue weighted by Gasteiger charge is 2.13. The molecule has 1 aromatic carbocycles. The Kier molecular flexibility index (Phi) is 3.16. The van der Waals surface area contributed by atoms with E-state index in [2.05, 4.69) is 26.3 Å². The number of hydrogen-bond acceptors (Lipinski definition) is 5. The van der Waals surface area contributed by atoms with Gasteiger partial charge in [-0.15, -0.1) is 15.3 Å². The smallest absolute Gasteiger partial charge is 0.282 e. The Morgan fingerprint density at radius 2 is 1.83 bits per heavy atom. The van der Waals surface area contributed by atoms with Crippen LogP contribution in [0.5, 0.6) is 0 Å². The fraction of sp³-hybridized carbons (Fsp3) is 0.235. The molecule has 0 atom stereocenters. The zero-order chi connectivity index (χ0) is 16.8. The molecule has 0 fully saturated rings. The Morgan fingerprint density at radius 3 is 2.54 bits per heavy atom. The predicted octanol–water partition coefficient (Wildman–Crippen LogP) is 2.00. The lowest BCUT2D eigenvalue weighted by molar-refractivity contribution is 0.883. The van der Waals surface area contributed by atoms with Gasteiger partial charge in [-0.1, -0.05) is 13.0 Å². The first-order valence-corrected chi connectivity index (χ1v) is 7.79. The molecule has 0 bridgehead atoms. The standard InChI is InChI=1S/C17H16N6O/c1-4-14-18-17-20-19-15-13(23(17)21-14)5-6-22(16(15)24)12-8-10(2)7-11(3)9-12/h5-9H,4H2,1-3H3. The van der Waals surface area contributed by atoms with Gasteiger partial charge in [0, 0.05) is 18.3 Å². The Labute approximate surface area is 137 Å². The van der Waals surface area contributed by atoms with Crippen molar-refractivity contribution in [1.29, 1.82) is 0 Å². The van der Waals surface area contributed by atoms with Crippen LogP contribution in [-0.4, -0.2) is 29.4 Å². The molecule has 3 heterocycles. The van der Waals surface area contributed by atoms with Crippen molar-refractivity contribution in [3.63, 3.8) is 0 Å². The minimum absolute atomic E-state index is 0.222. The molecule has 4 aromatic rings. The summed E-state index contributed by atoms with van der Waals surface area (Å²) in [5.41, 5.74) is 3.67. The Hall–Kier alpha value is -3.09. The second-order valence-electron chi connectivity index (χ2n) is 5.86. The number of hydrogen-bond donors (Lipinski definition) is 0. The molecule has 0 aliphatic rings. The first-order valence-electron chi connectivity index (χ1n) is 7.79. The van der Waals surface area contributed by atoms with Crippen molar-refractivity contribution in [2.24, 2.45) is 0 Å². The molecule has 3 aromatic heterocycles. The van der Waals surface area contributed by atoms with Crippen LogP contribution in [0.2, 0.25) is 0 Å². The van der Waals surface area contributed by atoms with Gasteiger partial charge in [-0.25, -0.2) is 0 Å². The SMILES string of the molecule is CCc1nc2nnc3c(=O)n(-c4cc(C)cc(C)c4)ccc3n2n1. The molecule has 0 saturated carbocycles. The topological polar surface area (TPSA) is 78.0 Å². The number of nitrogens with zero attached hydrogens (tertiary/aromatic N) is 6. The summed E-state index contributed by atoms with van der Waals surface area (Å²) in [4.78, 5) is 17.2. The van der Waals surface area contributed by atoms with E-state index in [1.54, 1.807) is 15.3 Å². The summed E-state index contributed by atoms with van der Waals surface area (Å²) in [7, 11) is 0. The number of rotatable bonds is 2. The quantitative estimate of drug-likeness (QED) is 0.564. The van der Waals surface area contributed by atoms with Crippen molar-refractivity contribution in [2.75, 3.05) is 0 Å². The van der Waals surface area contributed by atoms with E-state index in [4.69, 9.17) is 0 Å². The molecule has 0 unspecified atom stereocenters. The van der Waals surface area contributed by atoms with Gasteiger partial charge < -0.3 is 0 Å². The lowest BCUT2D eigenvalue weighted by atomic mass is 10.1. The molecule has 0 spiro atoms. The molecule has 0 aliphatic carbocycles. The van der Waals surface area contributed by atoms with Crippen molar-refractivity contribution in [3.05, 3.63) is 57.8 Å². The maximum atomic E-state index is 12.9. The third-order valence-corrected chi connectivity index (χ3v) is 3.95. The van der Waals surface area contributed by atoms with Crippen molar-refractivity contribution < 1.29 is 0 Å². The van der Waals surface area contributed by atoms with Crippen LogP contribution in [0.15, 0.2) is 35.3 Å². The van der Waals surface area contributed by atoms with Gasteiger partial charge in [0.2, 0.25) is 0 Å². The molecule has 24 heavy (non-hydrogen) atoms. The van der Waals surface area contributed by atoms with E-state index in [0.29, 0.717) is 23.5 Å². The van der Waals surface area contributed by atoms with Gasteiger partial charge in [0.1, 0.15) is 5.52 Å². The van der Waals surface area contributed by atoms with E-state index >= 15 is 0 Å². The van der Waals surface area contributed by atoms with Gasteiger partial charge in [0.15, 0.2) is 11.3 Å². The van der Waals surface area contributed by atoms with Gasteiger partial charge in [-0.2, -0.15) is 9.50 Å². The highest BCUT2D eigenvalue weighted by Crippen LogP contribution is 2.14. The van der Waals surface area contributed by atoms with Crippen LogP contribution in [0.4, 0.5) is 0 Å². The second kappa shape index (κ2) is 5.23. The first kappa shape index (κ1) is 14.5. The molecule has 0 saturated heterocycles. The largest absolute Gasteiger partial charge is 0.285 e. The maximum Gasteiger partial charge on any atom is 0.285 e. The predicted molar refractivity (Wildman–Crippen MR) is 90.5 cm³/mol. The number of aromatic nitrogens is 6. The number of aryl methyl sites for hydroxylation is 3. The van der Waals surface area contributed by atoms with E-state index in [0.717, 1.165) is 16.8 Å². The van der Waals surface area contributed by atoms with Crippen LogP contribution in [0.1, 0.15) is 23.9 Å². The van der Waals surface area contributed by atoms with Gasteiger partial charge in [0.05, 0.1) is 0 Å². The molecule has 7 heteroatoms. The summed E-state index contributed by atoms with van der Waals surface area (Å²) < 4.78 is 3.16. The monoisotopic (exact) mass is 320 g/mol. The van der Waals surface area contributed by atoms with E-state index in [1.807, 2.05) is 39.0 Å². The summed E-state index contributed by atoms with van der Waals surface area (Å²) in [6, 6.07) is 7.83. The van der Waals surface area contributed by atoms with Gasteiger partial charge in [0.25, 0.3) is 11.3 Å². The van der Waals surface area contributed by atoms with Crippen molar-refractivity contribution in [1.82, 2.24) is 29.4 Å². The fourth-order valence-electron chi connectivity index (χ4n) is 2.89.